The predicted octanol–water partition coefficient (Wildman–Crippen LogP) is 3.80. The van der Waals surface area contributed by atoms with E-state index < -0.39 is 35.0 Å². The van der Waals surface area contributed by atoms with Gasteiger partial charge in [0, 0.05) is 25.8 Å². The number of morpholine rings is 1. The largest absolute Gasteiger partial charge is 0.471 e. The number of fused-ring (bicyclic) bond motifs is 1. The molecule has 6 nitrogen and oxygen atoms in total. The molecule has 1 saturated heterocycles. The predicted molar refractivity (Wildman–Crippen MR) is 112 cm³/mol. The zero-order valence-corrected chi connectivity index (χ0v) is 17.8. The zero-order valence-electron chi connectivity index (χ0n) is 17.8. The first-order valence-corrected chi connectivity index (χ1v) is 10.2. The molecule has 1 aliphatic rings. The van der Waals surface area contributed by atoms with Crippen LogP contribution in [0, 0.1) is 18.6 Å². The lowest BCUT2D eigenvalue weighted by molar-refractivity contribution is -0.170. The molecule has 1 unspecified atom stereocenters. The lowest BCUT2D eigenvalue weighted by atomic mass is 10.1. The van der Waals surface area contributed by atoms with Crippen LogP contribution in [0.3, 0.4) is 0 Å². The Bertz CT molecular complexity index is 1180. The van der Waals surface area contributed by atoms with Gasteiger partial charge in [-0.05, 0) is 36.8 Å². The molecule has 0 spiro atoms. The summed E-state index contributed by atoms with van der Waals surface area (Å²) in [6.45, 7) is 3.84. The van der Waals surface area contributed by atoms with Gasteiger partial charge in [-0.2, -0.15) is 13.2 Å². The lowest BCUT2D eigenvalue weighted by Crippen LogP contribution is -2.40. The van der Waals surface area contributed by atoms with E-state index in [1.165, 1.54) is 0 Å². The Morgan fingerprint density at radius 3 is 2.55 bits per heavy atom. The molecule has 3 aromatic rings. The third-order valence-corrected chi connectivity index (χ3v) is 5.48. The Labute approximate surface area is 186 Å². The number of halogens is 5. The van der Waals surface area contributed by atoms with E-state index in [1.807, 2.05) is 13.0 Å². The van der Waals surface area contributed by atoms with Crippen molar-refractivity contribution in [3.63, 3.8) is 0 Å². The van der Waals surface area contributed by atoms with Crippen molar-refractivity contribution in [2.45, 2.75) is 25.7 Å². The SMILES string of the molecule is Cc1ccc2c(c1)nc(-c1c(F)cc(N(C)C(=O)C(F)(F)F)cc1F)n2CC1CNCCO1. The van der Waals surface area contributed by atoms with E-state index in [0.29, 0.717) is 42.9 Å². The number of imidazole rings is 1. The first kappa shape index (κ1) is 23.1. The molecular weight excluding hydrogens is 447 g/mol. The number of hydrogen-bond acceptors (Lipinski definition) is 4. The van der Waals surface area contributed by atoms with Crippen molar-refractivity contribution in [3.8, 4) is 11.4 Å². The van der Waals surface area contributed by atoms with Crippen LogP contribution in [0.5, 0.6) is 0 Å². The molecule has 1 aliphatic heterocycles. The van der Waals surface area contributed by atoms with Gasteiger partial charge in [0.15, 0.2) is 0 Å². The number of carbonyl (C=O) groups is 1. The molecule has 1 amide bonds. The van der Waals surface area contributed by atoms with Crippen LogP contribution in [0.15, 0.2) is 30.3 Å². The van der Waals surface area contributed by atoms with E-state index >= 15 is 8.78 Å². The number of nitrogens with one attached hydrogen (secondary N) is 1. The Morgan fingerprint density at radius 1 is 1.24 bits per heavy atom. The Kier molecular flexibility index (Phi) is 6.10. The van der Waals surface area contributed by atoms with Gasteiger partial charge < -0.3 is 19.5 Å². The normalized spacial score (nSPS) is 16.9. The minimum absolute atomic E-state index is 0.0175. The molecule has 1 atom stereocenters. The highest BCUT2D eigenvalue weighted by Gasteiger charge is 2.42. The van der Waals surface area contributed by atoms with Gasteiger partial charge in [-0.25, -0.2) is 13.8 Å². The highest BCUT2D eigenvalue weighted by molar-refractivity contribution is 5.97. The molecule has 1 fully saturated rings. The maximum atomic E-state index is 15.1. The summed E-state index contributed by atoms with van der Waals surface area (Å²) in [6, 6.07) is 6.79. The molecule has 0 radical (unpaired) electrons. The van der Waals surface area contributed by atoms with Gasteiger partial charge in [0.25, 0.3) is 0 Å². The van der Waals surface area contributed by atoms with Crippen LogP contribution in [0.4, 0.5) is 27.6 Å². The second-order valence-corrected chi connectivity index (χ2v) is 7.88. The fourth-order valence-electron chi connectivity index (χ4n) is 3.83. The molecule has 33 heavy (non-hydrogen) atoms. The van der Waals surface area contributed by atoms with Crippen molar-refractivity contribution in [1.29, 1.82) is 0 Å². The molecule has 11 heteroatoms. The van der Waals surface area contributed by atoms with Crippen LogP contribution < -0.4 is 10.2 Å². The summed E-state index contributed by atoms with van der Waals surface area (Å²) in [6.07, 6.45) is -5.45. The summed E-state index contributed by atoms with van der Waals surface area (Å²) in [4.78, 5) is 16.1. The molecule has 2 aromatic carbocycles. The van der Waals surface area contributed by atoms with Crippen LogP contribution in [0.25, 0.3) is 22.4 Å². The number of benzene rings is 2. The molecule has 0 bridgehead atoms. The minimum atomic E-state index is -5.18. The van der Waals surface area contributed by atoms with Crippen molar-refractivity contribution in [2.75, 3.05) is 31.6 Å². The van der Waals surface area contributed by atoms with Gasteiger partial charge in [0.1, 0.15) is 17.5 Å². The monoisotopic (exact) mass is 468 g/mol. The van der Waals surface area contributed by atoms with E-state index in [2.05, 4.69) is 10.3 Å². The van der Waals surface area contributed by atoms with Crippen LogP contribution in [0.2, 0.25) is 0 Å². The Balaban J connectivity index is 1.81. The summed E-state index contributed by atoms with van der Waals surface area (Å²) in [7, 11) is 0.801. The minimum Gasteiger partial charge on any atom is -0.374 e. The molecule has 176 valence electrons. The smallest absolute Gasteiger partial charge is 0.374 e. The summed E-state index contributed by atoms with van der Waals surface area (Å²) >= 11 is 0. The van der Waals surface area contributed by atoms with Crippen molar-refractivity contribution in [2.24, 2.45) is 0 Å². The second-order valence-electron chi connectivity index (χ2n) is 7.88. The number of ether oxygens (including phenoxy) is 1. The van der Waals surface area contributed by atoms with Gasteiger partial charge in [0.2, 0.25) is 0 Å². The van der Waals surface area contributed by atoms with Crippen molar-refractivity contribution < 1.29 is 31.5 Å². The maximum Gasteiger partial charge on any atom is 0.471 e. The molecule has 0 saturated carbocycles. The number of carbonyl (C=O) groups excluding carboxylic acids is 1. The zero-order chi connectivity index (χ0) is 23.9. The molecule has 4 rings (SSSR count). The summed E-state index contributed by atoms with van der Waals surface area (Å²) in [5.74, 6) is -4.53. The fraction of sp³-hybridized carbons (Fsp3) is 0.364. The van der Waals surface area contributed by atoms with Gasteiger partial charge in [0.05, 0.1) is 35.9 Å². The second kappa shape index (κ2) is 8.71. The fourth-order valence-corrected chi connectivity index (χ4v) is 3.83. The number of amides is 1. The number of hydrogen-bond donors (Lipinski definition) is 1. The molecular formula is C22H21F5N4O2. The summed E-state index contributed by atoms with van der Waals surface area (Å²) < 4.78 is 75.9. The average molecular weight is 468 g/mol. The van der Waals surface area contributed by atoms with E-state index in [-0.39, 0.29) is 23.4 Å². The van der Waals surface area contributed by atoms with Crippen LogP contribution >= 0.6 is 0 Å². The summed E-state index contributed by atoms with van der Waals surface area (Å²) in [5, 5.41) is 3.19. The number of aromatic nitrogens is 2. The molecule has 2 heterocycles. The number of alkyl halides is 3. The van der Waals surface area contributed by atoms with Gasteiger partial charge in [-0.3, -0.25) is 4.79 Å². The molecule has 1 aromatic heterocycles. The van der Waals surface area contributed by atoms with Gasteiger partial charge in [-0.1, -0.05) is 6.07 Å². The van der Waals surface area contributed by atoms with Crippen LogP contribution in [0.1, 0.15) is 5.56 Å². The number of rotatable bonds is 4. The van der Waals surface area contributed by atoms with Gasteiger partial charge in [-0.15, -0.1) is 0 Å². The lowest BCUT2D eigenvalue weighted by Gasteiger charge is -2.25. The third kappa shape index (κ3) is 4.55. The Morgan fingerprint density at radius 2 is 1.94 bits per heavy atom. The highest BCUT2D eigenvalue weighted by atomic mass is 19.4. The average Bonchev–Trinajstić information content (AvgIpc) is 3.09. The summed E-state index contributed by atoms with van der Waals surface area (Å²) in [5.41, 5.74) is 0.995. The maximum absolute atomic E-state index is 15.1. The van der Waals surface area contributed by atoms with Crippen LogP contribution in [-0.4, -0.2) is 54.5 Å². The third-order valence-electron chi connectivity index (χ3n) is 5.48. The quantitative estimate of drug-likeness (QED) is 0.592. The van der Waals surface area contributed by atoms with E-state index in [9.17, 15) is 18.0 Å². The highest BCUT2D eigenvalue weighted by Crippen LogP contribution is 2.33. The molecule has 1 N–H and O–H groups in total. The Hall–Kier alpha value is -3.05. The standard InChI is InChI=1S/C22H21F5N4O2/c1-12-3-4-18-17(7-12)29-20(31(18)11-14-10-28-5-6-33-14)19-15(23)8-13(9-16(19)24)30(2)21(32)22(25,26)27/h3-4,7-9,14,28H,5-6,10-11H2,1-2H3. The first-order chi connectivity index (χ1) is 15.6. The van der Waals surface area contributed by atoms with E-state index in [1.54, 1.807) is 16.7 Å². The number of nitrogens with zero attached hydrogens (tertiary/aromatic N) is 3. The van der Waals surface area contributed by atoms with E-state index in [0.717, 1.165) is 12.6 Å². The van der Waals surface area contributed by atoms with Crippen LogP contribution in [-0.2, 0) is 16.1 Å². The first-order valence-electron chi connectivity index (χ1n) is 10.2. The number of anilines is 1. The van der Waals surface area contributed by atoms with Gasteiger partial charge >= 0.3 is 12.1 Å². The van der Waals surface area contributed by atoms with Crippen molar-refractivity contribution >= 4 is 22.6 Å². The number of aryl methyl sites for hydroxylation is 1. The topological polar surface area (TPSA) is 59.4 Å². The van der Waals surface area contributed by atoms with Crippen molar-refractivity contribution in [1.82, 2.24) is 14.9 Å². The molecule has 0 aliphatic carbocycles. The van der Waals surface area contributed by atoms with E-state index in [4.69, 9.17) is 4.74 Å². The van der Waals surface area contributed by atoms with Crippen molar-refractivity contribution in [3.05, 3.63) is 47.5 Å².